The predicted octanol–water partition coefficient (Wildman–Crippen LogP) is 4.18. The van der Waals surface area contributed by atoms with Crippen molar-refractivity contribution in [2.45, 2.75) is 30.5 Å². The van der Waals surface area contributed by atoms with Crippen molar-refractivity contribution in [3.8, 4) is 22.9 Å². The fourth-order valence-electron chi connectivity index (χ4n) is 2.68. The van der Waals surface area contributed by atoms with Crippen molar-refractivity contribution in [2.75, 3.05) is 14.2 Å². The van der Waals surface area contributed by atoms with Crippen LogP contribution in [0.5, 0.6) is 11.5 Å². The largest absolute Gasteiger partial charge is 0.497 e. The zero-order chi connectivity index (χ0) is 20.8. The molecule has 152 valence electrons. The van der Waals surface area contributed by atoms with Crippen LogP contribution in [0.4, 0.5) is 0 Å². The average molecular weight is 413 g/mol. The van der Waals surface area contributed by atoms with Gasteiger partial charge in [0.2, 0.25) is 11.7 Å². The second kappa shape index (κ2) is 9.47. The molecule has 0 unspecified atom stereocenters. The Kier molecular flexibility index (Phi) is 6.77. The number of thioether (sulfide) groups is 1. The highest BCUT2D eigenvalue weighted by Crippen LogP contribution is 2.31. The Balaban J connectivity index is 1.71. The molecule has 7 nitrogen and oxygen atoms in total. The number of nitrogens with zero attached hydrogens (tertiary/aromatic N) is 2. The smallest absolute Gasteiger partial charge is 0.252 e. The number of amides is 1. The van der Waals surface area contributed by atoms with Gasteiger partial charge in [0.15, 0.2) is 0 Å². The van der Waals surface area contributed by atoms with Crippen LogP contribution < -0.4 is 14.8 Å². The molecule has 0 saturated carbocycles. The summed E-state index contributed by atoms with van der Waals surface area (Å²) in [5.41, 5.74) is 1.30. The van der Waals surface area contributed by atoms with Gasteiger partial charge in [0.05, 0.1) is 31.9 Å². The van der Waals surface area contributed by atoms with Gasteiger partial charge < -0.3 is 19.3 Å². The summed E-state index contributed by atoms with van der Waals surface area (Å²) in [5, 5.41) is 7.21. The number of nitrogens with one attached hydrogen (secondary N) is 1. The highest BCUT2D eigenvalue weighted by atomic mass is 32.2. The first-order valence-corrected chi connectivity index (χ1v) is 9.98. The van der Waals surface area contributed by atoms with E-state index in [1.54, 1.807) is 44.2 Å². The lowest BCUT2D eigenvalue weighted by atomic mass is 10.2. The normalized spacial score (nSPS) is 10.8. The third kappa shape index (κ3) is 5.08. The van der Waals surface area contributed by atoms with Gasteiger partial charge in [-0.15, -0.1) is 11.8 Å². The van der Waals surface area contributed by atoms with Crippen molar-refractivity contribution in [2.24, 2.45) is 0 Å². The van der Waals surface area contributed by atoms with Crippen LogP contribution in [0.25, 0.3) is 11.4 Å². The minimum atomic E-state index is -0.185. The minimum absolute atomic E-state index is 0.130. The molecule has 1 N–H and O–H groups in total. The lowest BCUT2D eigenvalue weighted by Gasteiger charge is -2.10. The maximum absolute atomic E-state index is 12.6. The molecule has 8 heteroatoms. The highest BCUT2D eigenvalue weighted by molar-refractivity contribution is 8.00. The first-order chi connectivity index (χ1) is 14.0. The number of methoxy groups -OCH3 is 2. The maximum Gasteiger partial charge on any atom is 0.252 e. The molecule has 1 heterocycles. The number of aromatic nitrogens is 2. The van der Waals surface area contributed by atoms with Crippen LogP contribution in [0.3, 0.4) is 0 Å². The monoisotopic (exact) mass is 413 g/mol. The fourth-order valence-corrected chi connectivity index (χ4v) is 3.63. The number of carbonyl (C=O) groups is 1. The Labute approximate surface area is 173 Å². The van der Waals surface area contributed by atoms with Crippen molar-refractivity contribution < 1.29 is 18.8 Å². The number of ether oxygens (including phenoxy) is 2. The van der Waals surface area contributed by atoms with Gasteiger partial charge in [0.1, 0.15) is 11.5 Å². The Morgan fingerprint density at radius 3 is 2.69 bits per heavy atom. The summed E-state index contributed by atoms with van der Waals surface area (Å²) < 4.78 is 15.9. The van der Waals surface area contributed by atoms with E-state index in [4.69, 9.17) is 14.0 Å². The Morgan fingerprint density at radius 1 is 1.17 bits per heavy atom. The van der Waals surface area contributed by atoms with Gasteiger partial charge in [-0.05, 0) is 24.3 Å². The standard InChI is InChI=1S/C21H23N3O4S/c1-13(2)29-18-8-6-5-7-16(18)21(25)22-12-19-23-20(24-28-19)15-10-9-14(26-3)11-17(15)27-4/h5-11,13H,12H2,1-4H3,(H,22,25). The van der Waals surface area contributed by atoms with Crippen LogP contribution in [0.2, 0.25) is 0 Å². The quantitative estimate of drug-likeness (QED) is 0.554. The third-order valence-corrected chi connectivity index (χ3v) is 5.09. The summed E-state index contributed by atoms with van der Waals surface area (Å²) in [5.74, 6) is 1.74. The number of hydrogen-bond acceptors (Lipinski definition) is 7. The molecule has 0 bridgehead atoms. The first-order valence-electron chi connectivity index (χ1n) is 9.10. The van der Waals surface area contributed by atoms with Gasteiger partial charge in [-0.3, -0.25) is 4.79 Å². The Hall–Kier alpha value is -3.00. The molecule has 2 aromatic carbocycles. The van der Waals surface area contributed by atoms with Gasteiger partial charge >= 0.3 is 0 Å². The third-order valence-electron chi connectivity index (χ3n) is 4.01. The zero-order valence-electron chi connectivity index (χ0n) is 16.8. The Bertz CT molecular complexity index is 988. The van der Waals surface area contributed by atoms with E-state index in [0.717, 1.165) is 4.90 Å². The molecule has 3 rings (SSSR count). The van der Waals surface area contributed by atoms with Gasteiger partial charge in [0.25, 0.3) is 5.91 Å². The maximum atomic E-state index is 12.6. The van der Waals surface area contributed by atoms with Crippen LogP contribution in [0, 0.1) is 0 Å². The number of hydrogen-bond donors (Lipinski definition) is 1. The molecule has 1 amide bonds. The second-order valence-electron chi connectivity index (χ2n) is 6.42. The van der Waals surface area contributed by atoms with Crippen molar-refractivity contribution in [1.82, 2.24) is 15.5 Å². The molecule has 0 spiro atoms. The topological polar surface area (TPSA) is 86.5 Å². The molecule has 0 aliphatic carbocycles. The predicted molar refractivity (Wildman–Crippen MR) is 111 cm³/mol. The van der Waals surface area contributed by atoms with Crippen LogP contribution in [-0.2, 0) is 6.54 Å². The average Bonchev–Trinajstić information content (AvgIpc) is 3.20. The fraction of sp³-hybridized carbons (Fsp3) is 0.286. The molecular weight excluding hydrogens is 390 g/mol. The van der Waals surface area contributed by atoms with Crippen LogP contribution in [-0.4, -0.2) is 35.5 Å². The molecule has 0 aliphatic rings. The van der Waals surface area contributed by atoms with Gasteiger partial charge in [-0.2, -0.15) is 4.98 Å². The molecule has 0 saturated heterocycles. The van der Waals surface area contributed by atoms with Crippen molar-refractivity contribution in [3.63, 3.8) is 0 Å². The summed E-state index contributed by atoms with van der Waals surface area (Å²) >= 11 is 1.65. The summed E-state index contributed by atoms with van der Waals surface area (Å²) in [4.78, 5) is 17.9. The van der Waals surface area contributed by atoms with E-state index in [9.17, 15) is 4.79 Å². The number of benzene rings is 2. The van der Waals surface area contributed by atoms with E-state index in [1.165, 1.54) is 0 Å². The lowest BCUT2D eigenvalue weighted by molar-refractivity contribution is 0.0943. The van der Waals surface area contributed by atoms with E-state index in [0.29, 0.717) is 39.6 Å². The van der Waals surface area contributed by atoms with Gasteiger partial charge in [-0.25, -0.2) is 0 Å². The van der Waals surface area contributed by atoms with Gasteiger partial charge in [-0.1, -0.05) is 31.1 Å². The van der Waals surface area contributed by atoms with E-state index in [1.807, 2.05) is 24.3 Å². The molecule has 3 aromatic rings. The van der Waals surface area contributed by atoms with Crippen LogP contribution >= 0.6 is 11.8 Å². The lowest BCUT2D eigenvalue weighted by Crippen LogP contribution is -2.23. The van der Waals surface area contributed by atoms with E-state index in [-0.39, 0.29) is 12.5 Å². The van der Waals surface area contributed by atoms with E-state index < -0.39 is 0 Å². The molecule has 0 fully saturated rings. The zero-order valence-corrected chi connectivity index (χ0v) is 17.6. The number of rotatable bonds is 8. The molecule has 29 heavy (non-hydrogen) atoms. The SMILES string of the molecule is COc1ccc(-c2noc(CNC(=O)c3ccccc3SC(C)C)n2)c(OC)c1. The molecular formula is C21H23N3O4S. The molecule has 0 atom stereocenters. The van der Waals surface area contributed by atoms with E-state index in [2.05, 4.69) is 29.3 Å². The van der Waals surface area contributed by atoms with Crippen LogP contribution in [0.15, 0.2) is 51.9 Å². The number of carbonyl (C=O) groups excluding carboxylic acids is 1. The summed E-state index contributed by atoms with van der Waals surface area (Å²) in [6.45, 7) is 4.31. The van der Waals surface area contributed by atoms with Gasteiger partial charge in [0, 0.05) is 16.2 Å². The van der Waals surface area contributed by atoms with E-state index >= 15 is 0 Å². The highest BCUT2D eigenvalue weighted by Gasteiger charge is 2.16. The van der Waals surface area contributed by atoms with Crippen molar-refractivity contribution >= 4 is 17.7 Å². The van der Waals surface area contributed by atoms with Crippen molar-refractivity contribution in [1.29, 1.82) is 0 Å². The molecule has 1 aromatic heterocycles. The minimum Gasteiger partial charge on any atom is -0.497 e. The van der Waals surface area contributed by atoms with Crippen molar-refractivity contribution in [3.05, 3.63) is 53.9 Å². The second-order valence-corrected chi connectivity index (χ2v) is 8.04. The molecule has 0 aliphatic heterocycles. The Morgan fingerprint density at radius 2 is 1.97 bits per heavy atom. The summed E-state index contributed by atoms with van der Waals surface area (Å²) in [7, 11) is 3.15. The van der Waals surface area contributed by atoms with Crippen LogP contribution in [0.1, 0.15) is 30.1 Å². The summed E-state index contributed by atoms with van der Waals surface area (Å²) in [6.07, 6.45) is 0. The summed E-state index contributed by atoms with van der Waals surface area (Å²) in [6, 6.07) is 12.9. The molecule has 0 radical (unpaired) electrons. The first kappa shape index (κ1) is 20.7.